The Morgan fingerprint density at radius 2 is 1.88 bits per heavy atom. The second-order valence-electron chi connectivity index (χ2n) is 7.36. The number of nitrogens with zero attached hydrogens (tertiary/aromatic N) is 4. The van der Waals surface area contributed by atoms with E-state index >= 15 is 0 Å². The van der Waals surface area contributed by atoms with Gasteiger partial charge in [-0.2, -0.15) is 17.5 Å². The van der Waals surface area contributed by atoms with Crippen LogP contribution in [0.25, 0.3) is 0 Å². The molecule has 12 heteroatoms. The van der Waals surface area contributed by atoms with Gasteiger partial charge in [-0.25, -0.2) is 13.4 Å². The van der Waals surface area contributed by atoms with Crippen LogP contribution in [-0.4, -0.2) is 59.6 Å². The number of nitrogen functional groups attached to an aromatic ring is 1. The third-order valence-corrected chi connectivity index (χ3v) is 7.03. The molecule has 1 fully saturated rings. The summed E-state index contributed by atoms with van der Waals surface area (Å²) in [6.45, 7) is 2.64. The lowest BCUT2D eigenvalue weighted by Gasteiger charge is -2.39. The number of aliphatic hydroxyl groups is 1. The Morgan fingerprint density at radius 1 is 1.16 bits per heavy atom. The fourth-order valence-corrected chi connectivity index (χ4v) is 4.64. The molecule has 3 heterocycles. The van der Waals surface area contributed by atoms with Crippen molar-refractivity contribution in [3.05, 3.63) is 42.4 Å². The summed E-state index contributed by atoms with van der Waals surface area (Å²) in [5, 5.41) is 9.80. The number of hydrogen-bond donors (Lipinski definition) is 2. The quantitative estimate of drug-likeness (QED) is 0.656. The second kappa shape index (κ2) is 8.57. The van der Waals surface area contributed by atoms with Gasteiger partial charge in [0, 0.05) is 25.8 Å². The standard InChI is InChI=1S/C20H22F3N5O3S/c1-3-4-15-13-27(32(30,31)16-6-8-18(24)26-12-16)9-10-28(15)14-5-7-17(25-11-14)19(2,29)20(21,22)23/h5-8,11-12,15,29H,9-10,13H2,1-2H3,(H2,24,26)/t15-,19?/m0/s1. The topological polar surface area (TPSA) is 113 Å². The molecule has 0 aromatic carbocycles. The van der Waals surface area contributed by atoms with E-state index in [9.17, 15) is 26.7 Å². The largest absolute Gasteiger partial charge is 0.422 e. The van der Waals surface area contributed by atoms with E-state index in [1.54, 1.807) is 11.8 Å². The van der Waals surface area contributed by atoms with E-state index in [0.29, 0.717) is 12.6 Å². The third-order valence-electron chi connectivity index (χ3n) is 5.18. The monoisotopic (exact) mass is 469 g/mol. The molecular weight excluding hydrogens is 447 g/mol. The van der Waals surface area contributed by atoms with E-state index < -0.39 is 33.5 Å². The normalized spacial score (nSPS) is 19.7. The van der Waals surface area contributed by atoms with Gasteiger partial charge in [-0.1, -0.05) is 5.92 Å². The highest BCUT2D eigenvalue weighted by atomic mass is 32.2. The molecule has 0 bridgehead atoms. The van der Waals surface area contributed by atoms with E-state index in [4.69, 9.17) is 5.73 Å². The van der Waals surface area contributed by atoms with Gasteiger partial charge in [0.2, 0.25) is 10.0 Å². The minimum absolute atomic E-state index is 0.00348. The van der Waals surface area contributed by atoms with E-state index in [0.717, 1.165) is 6.07 Å². The summed E-state index contributed by atoms with van der Waals surface area (Å²) in [5.41, 5.74) is 2.36. The highest BCUT2D eigenvalue weighted by Crippen LogP contribution is 2.38. The highest BCUT2D eigenvalue weighted by Gasteiger charge is 2.52. The summed E-state index contributed by atoms with van der Waals surface area (Å²) in [4.78, 5) is 9.40. The lowest BCUT2D eigenvalue weighted by atomic mass is 10.0. The number of aromatic nitrogens is 2. The maximum atomic E-state index is 13.1. The van der Waals surface area contributed by atoms with Crippen LogP contribution in [0.15, 0.2) is 41.6 Å². The molecule has 0 aliphatic carbocycles. The van der Waals surface area contributed by atoms with Crippen molar-refractivity contribution >= 4 is 21.5 Å². The Hall–Kier alpha value is -2.88. The van der Waals surface area contributed by atoms with Gasteiger partial charge in [0.25, 0.3) is 0 Å². The van der Waals surface area contributed by atoms with Crippen molar-refractivity contribution in [1.82, 2.24) is 14.3 Å². The number of rotatable bonds is 4. The van der Waals surface area contributed by atoms with Gasteiger partial charge in [-0.3, -0.25) is 4.98 Å². The Kier molecular flexibility index (Phi) is 6.37. The Morgan fingerprint density at radius 3 is 2.41 bits per heavy atom. The lowest BCUT2D eigenvalue weighted by molar-refractivity contribution is -0.260. The molecular formula is C20H22F3N5O3S. The maximum Gasteiger partial charge on any atom is 0.422 e. The molecule has 0 saturated carbocycles. The van der Waals surface area contributed by atoms with Crippen molar-refractivity contribution in [1.29, 1.82) is 0 Å². The molecule has 32 heavy (non-hydrogen) atoms. The first kappa shape index (κ1) is 23.8. The van der Waals surface area contributed by atoms with Crippen LogP contribution >= 0.6 is 0 Å². The summed E-state index contributed by atoms with van der Waals surface area (Å²) in [6, 6.07) is 4.72. The average molecular weight is 469 g/mol. The SMILES string of the molecule is CC#C[C@H]1CN(S(=O)(=O)c2ccc(N)nc2)CCN1c1ccc(C(C)(O)C(F)(F)F)nc1. The molecule has 2 atom stereocenters. The van der Waals surface area contributed by atoms with Gasteiger partial charge >= 0.3 is 6.18 Å². The van der Waals surface area contributed by atoms with Gasteiger partial charge in [0.05, 0.1) is 17.6 Å². The number of halogens is 3. The molecule has 3 rings (SSSR count). The van der Waals surface area contributed by atoms with Crippen molar-refractivity contribution in [3.8, 4) is 11.8 Å². The van der Waals surface area contributed by atoms with E-state index in [1.807, 2.05) is 0 Å². The highest BCUT2D eigenvalue weighted by molar-refractivity contribution is 7.89. The van der Waals surface area contributed by atoms with Crippen molar-refractivity contribution in [2.75, 3.05) is 30.3 Å². The van der Waals surface area contributed by atoms with Crippen LogP contribution in [-0.2, 0) is 15.6 Å². The third kappa shape index (κ3) is 4.50. The van der Waals surface area contributed by atoms with Crippen LogP contribution in [0.3, 0.4) is 0 Å². The van der Waals surface area contributed by atoms with Crippen LogP contribution in [0, 0.1) is 11.8 Å². The summed E-state index contributed by atoms with van der Waals surface area (Å²) >= 11 is 0. The van der Waals surface area contributed by atoms with Gasteiger partial charge < -0.3 is 15.7 Å². The summed E-state index contributed by atoms with van der Waals surface area (Å²) < 4.78 is 66.4. The average Bonchev–Trinajstić information content (AvgIpc) is 2.73. The van der Waals surface area contributed by atoms with Crippen molar-refractivity contribution in [2.45, 2.75) is 36.6 Å². The molecule has 1 saturated heterocycles. The minimum atomic E-state index is -4.88. The van der Waals surface area contributed by atoms with Crippen LogP contribution in [0.1, 0.15) is 19.5 Å². The molecule has 2 aromatic heterocycles. The van der Waals surface area contributed by atoms with Crippen molar-refractivity contribution in [2.24, 2.45) is 0 Å². The molecule has 3 N–H and O–H groups in total. The van der Waals surface area contributed by atoms with E-state index in [1.165, 1.54) is 34.9 Å². The predicted molar refractivity (Wildman–Crippen MR) is 112 cm³/mol. The summed E-state index contributed by atoms with van der Waals surface area (Å²) in [7, 11) is -3.83. The number of alkyl halides is 3. The van der Waals surface area contributed by atoms with Gasteiger partial charge in [-0.05, 0) is 38.1 Å². The minimum Gasteiger partial charge on any atom is -0.384 e. The first-order valence-electron chi connectivity index (χ1n) is 9.54. The first-order valence-corrected chi connectivity index (χ1v) is 11.0. The zero-order valence-corrected chi connectivity index (χ0v) is 18.2. The van der Waals surface area contributed by atoms with Crippen LogP contribution in [0.5, 0.6) is 0 Å². The molecule has 0 radical (unpaired) electrons. The van der Waals surface area contributed by atoms with Crippen LogP contribution < -0.4 is 10.6 Å². The second-order valence-corrected chi connectivity index (χ2v) is 9.29. The zero-order chi connectivity index (χ0) is 23.7. The number of pyridine rings is 2. The Labute approximate surface area is 183 Å². The smallest absolute Gasteiger partial charge is 0.384 e. The number of anilines is 2. The lowest BCUT2D eigenvalue weighted by Crippen LogP contribution is -2.54. The number of hydrogen-bond acceptors (Lipinski definition) is 7. The van der Waals surface area contributed by atoms with E-state index in [-0.39, 0.29) is 30.3 Å². The van der Waals surface area contributed by atoms with E-state index in [2.05, 4.69) is 21.8 Å². The Bertz CT molecular complexity index is 1120. The molecule has 172 valence electrons. The summed E-state index contributed by atoms with van der Waals surface area (Å²) in [6.07, 6.45) is -2.48. The van der Waals surface area contributed by atoms with Crippen molar-refractivity contribution in [3.63, 3.8) is 0 Å². The van der Waals surface area contributed by atoms with Gasteiger partial charge in [0.15, 0.2) is 5.60 Å². The molecule has 1 aliphatic heterocycles. The fraction of sp³-hybridized carbons (Fsp3) is 0.400. The maximum absolute atomic E-state index is 13.1. The molecule has 0 amide bonds. The fourth-order valence-electron chi connectivity index (χ4n) is 3.26. The van der Waals surface area contributed by atoms with Crippen LogP contribution in [0.2, 0.25) is 0 Å². The van der Waals surface area contributed by atoms with Crippen LogP contribution in [0.4, 0.5) is 24.7 Å². The number of piperazine rings is 1. The molecule has 8 nitrogen and oxygen atoms in total. The molecule has 2 aromatic rings. The molecule has 1 aliphatic rings. The predicted octanol–water partition coefficient (Wildman–Crippen LogP) is 1.73. The molecule has 1 unspecified atom stereocenters. The van der Waals surface area contributed by atoms with Gasteiger partial charge in [0.1, 0.15) is 16.8 Å². The number of nitrogens with two attached hydrogens (primary N) is 1. The Balaban J connectivity index is 1.84. The van der Waals surface area contributed by atoms with Crippen molar-refractivity contribution < 1.29 is 26.7 Å². The molecule has 0 spiro atoms. The zero-order valence-electron chi connectivity index (χ0n) is 17.3. The number of sulfonamides is 1. The van der Waals surface area contributed by atoms with Gasteiger partial charge in [-0.15, -0.1) is 5.92 Å². The summed E-state index contributed by atoms with van der Waals surface area (Å²) in [5.74, 6) is 5.90. The first-order chi connectivity index (χ1) is 14.9.